The molecule has 4 heteroatoms. The second-order valence-corrected chi connectivity index (χ2v) is 6.28. The Balaban J connectivity index is 2.67. The van der Waals surface area contributed by atoms with Gasteiger partial charge in [0.05, 0.1) is 12.5 Å². The first-order chi connectivity index (χ1) is 9.19. The van der Waals surface area contributed by atoms with Crippen molar-refractivity contribution in [3.63, 3.8) is 0 Å². The lowest BCUT2D eigenvalue weighted by Crippen LogP contribution is -2.24. The molecular formula is C16H25NO3. The molecule has 112 valence electrons. The van der Waals surface area contributed by atoms with Gasteiger partial charge in [-0.25, -0.2) is 0 Å². The van der Waals surface area contributed by atoms with Crippen molar-refractivity contribution < 1.29 is 14.6 Å². The fourth-order valence-corrected chi connectivity index (χ4v) is 2.26. The molecular weight excluding hydrogens is 254 g/mol. The molecule has 0 aliphatic heterocycles. The lowest BCUT2D eigenvalue weighted by Gasteiger charge is -2.26. The zero-order chi connectivity index (χ0) is 15.3. The molecule has 0 amide bonds. The molecule has 0 saturated heterocycles. The smallest absolute Gasteiger partial charge is 0.303 e. The van der Waals surface area contributed by atoms with E-state index in [1.807, 2.05) is 52.0 Å². The summed E-state index contributed by atoms with van der Waals surface area (Å²) in [4.78, 5) is 10.8. The summed E-state index contributed by atoms with van der Waals surface area (Å²) >= 11 is 0. The van der Waals surface area contributed by atoms with Crippen LogP contribution in [0.4, 0.5) is 0 Å². The lowest BCUT2D eigenvalue weighted by atomic mass is 9.81. The Morgan fingerprint density at radius 3 is 2.30 bits per heavy atom. The van der Waals surface area contributed by atoms with Crippen LogP contribution in [0.5, 0.6) is 5.75 Å². The third-order valence-corrected chi connectivity index (χ3v) is 3.08. The number of benzene rings is 1. The van der Waals surface area contributed by atoms with Crippen molar-refractivity contribution in [2.75, 3.05) is 0 Å². The first-order valence-electron chi connectivity index (χ1n) is 6.93. The van der Waals surface area contributed by atoms with Crippen molar-refractivity contribution in [2.45, 2.75) is 52.7 Å². The zero-order valence-electron chi connectivity index (χ0n) is 12.7. The Morgan fingerprint density at radius 1 is 1.30 bits per heavy atom. The molecule has 4 nitrogen and oxygen atoms in total. The minimum Gasteiger partial charge on any atom is -0.491 e. The molecule has 0 spiro atoms. The quantitative estimate of drug-likeness (QED) is 0.802. The van der Waals surface area contributed by atoms with Gasteiger partial charge in [0, 0.05) is 6.04 Å². The van der Waals surface area contributed by atoms with Crippen molar-refractivity contribution in [2.24, 2.45) is 11.1 Å². The molecule has 1 atom stereocenters. The van der Waals surface area contributed by atoms with Gasteiger partial charge in [-0.05, 0) is 43.4 Å². The van der Waals surface area contributed by atoms with Gasteiger partial charge in [0.25, 0.3) is 0 Å². The molecule has 1 unspecified atom stereocenters. The summed E-state index contributed by atoms with van der Waals surface area (Å²) in [5, 5.41) is 8.90. The molecule has 1 aromatic carbocycles. The fraction of sp³-hybridized carbons (Fsp3) is 0.562. The molecule has 0 radical (unpaired) electrons. The summed E-state index contributed by atoms with van der Waals surface area (Å²) < 4.78 is 5.58. The fourth-order valence-electron chi connectivity index (χ4n) is 2.26. The van der Waals surface area contributed by atoms with Crippen LogP contribution in [-0.4, -0.2) is 17.2 Å². The molecule has 0 aliphatic carbocycles. The summed E-state index contributed by atoms with van der Waals surface area (Å²) in [5.41, 5.74) is 6.85. The average Bonchev–Trinajstić information content (AvgIpc) is 2.26. The van der Waals surface area contributed by atoms with E-state index >= 15 is 0 Å². The maximum atomic E-state index is 10.8. The van der Waals surface area contributed by atoms with Crippen LogP contribution in [0, 0.1) is 5.41 Å². The minimum absolute atomic E-state index is 0.120. The lowest BCUT2D eigenvalue weighted by molar-refractivity contribution is -0.139. The predicted octanol–water partition coefficient (Wildman–Crippen LogP) is 3.36. The number of carboxylic acids is 1. The van der Waals surface area contributed by atoms with Crippen molar-refractivity contribution in [1.29, 1.82) is 0 Å². The molecule has 20 heavy (non-hydrogen) atoms. The van der Waals surface area contributed by atoms with E-state index in [-0.39, 0.29) is 24.0 Å². The van der Waals surface area contributed by atoms with Gasteiger partial charge in [0.15, 0.2) is 0 Å². The summed E-state index contributed by atoms with van der Waals surface area (Å²) in [6, 6.07) is 7.52. The van der Waals surface area contributed by atoms with Gasteiger partial charge in [-0.2, -0.15) is 0 Å². The Hall–Kier alpha value is -1.55. The van der Waals surface area contributed by atoms with Crippen LogP contribution < -0.4 is 10.5 Å². The van der Waals surface area contributed by atoms with E-state index in [2.05, 4.69) is 0 Å². The molecule has 0 aromatic heterocycles. The summed E-state index contributed by atoms with van der Waals surface area (Å²) in [6.45, 7) is 7.82. The number of hydrogen-bond acceptors (Lipinski definition) is 3. The maximum Gasteiger partial charge on any atom is 0.303 e. The Bertz CT molecular complexity index is 438. The normalized spacial score (nSPS) is 13.3. The van der Waals surface area contributed by atoms with Gasteiger partial charge in [-0.3, -0.25) is 4.79 Å². The monoisotopic (exact) mass is 279 g/mol. The summed E-state index contributed by atoms with van der Waals surface area (Å²) in [5.74, 6) is 0.0311. The number of carbonyl (C=O) groups is 1. The van der Waals surface area contributed by atoms with Crippen LogP contribution in [0.3, 0.4) is 0 Å². The number of aliphatic carboxylic acids is 1. The standard InChI is InChI=1S/C16H25NO3/c1-11(2)20-13-7-5-12(6-8-13)14(17)9-16(3,4)10-15(18)19/h5-8,11,14H,9-10,17H2,1-4H3,(H,18,19). The number of hydrogen-bond donors (Lipinski definition) is 2. The van der Waals surface area contributed by atoms with E-state index in [0.717, 1.165) is 11.3 Å². The topological polar surface area (TPSA) is 72.5 Å². The van der Waals surface area contributed by atoms with E-state index in [1.165, 1.54) is 0 Å². The van der Waals surface area contributed by atoms with Crippen LogP contribution in [0.1, 0.15) is 52.1 Å². The SMILES string of the molecule is CC(C)Oc1ccc(C(N)CC(C)(C)CC(=O)O)cc1. The van der Waals surface area contributed by atoms with E-state index in [9.17, 15) is 4.79 Å². The van der Waals surface area contributed by atoms with Crippen molar-refractivity contribution in [3.8, 4) is 5.75 Å². The van der Waals surface area contributed by atoms with Gasteiger partial charge in [0.2, 0.25) is 0 Å². The Kier molecular flexibility index (Phi) is 5.57. The van der Waals surface area contributed by atoms with E-state index in [1.54, 1.807) is 0 Å². The number of carboxylic acid groups (broad SMARTS) is 1. The van der Waals surface area contributed by atoms with Gasteiger partial charge >= 0.3 is 5.97 Å². The molecule has 0 saturated carbocycles. The maximum absolute atomic E-state index is 10.8. The largest absolute Gasteiger partial charge is 0.491 e. The zero-order valence-corrected chi connectivity index (χ0v) is 12.7. The van der Waals surface area contributed by atoms with Gasteiger partial charge in [0.1, 0.15) is 5.75 Å². The molecule has 0 fully saturated rings. The Labute approximate surface area is 120 Å². The van der Waals surface area contributed by atoms with Gasteiger partial charge < -0.3 is 15.6 Å². The molecule has 1 rings (SSSR count). The first-order valence-corrected chi connectivity index (χ1v) is 6.93. The van der Waals surface area contributed by atoms with Crippen molar-refractivity contribution >= 4 is 5.97 Å². The molecule has 0 bridgehead atoms. The Morgan fingerprint density at radius 2 is 1.85 bits per heavy atom. The third kappa shape index (κ3) is 5.61. The number of ether oxygens (including phenoxy) is 1. The summed E-state index contributed by atoms with van der Waals surface area (Å²) in [6.07, 6.45) is 0.892. The molecule has 0 heterocycles. The van der Waals surface area contributed by atoms with E-state index in [0.29, 0.717) is 6.42 Å². The van der Waals surface area contributed by atoms with Crippen LogP contribution in [0.25, 0.3) is 0 Å². The second kappa shape index (κ2) is 6.75. The highest BCUT2D eigenvalue weighted by molar-refractivity contribution is 5.67. The first kappa shape index (κ1) is 16.5. The van der Waals surface area contributed by atoms with E-state index < -0.39 is 5.97 Å². The molecule has 1 aromatic rings. The van der Waals surface area contributed by atoms with E-state index in [4.69, 9.17) is 15.6 Å². The molecule has 0 aliphatic rings. The third-order valence-electron chi connectivity index (χ3n) is 3.08. The average molecular weight is 279 g/mol. The van der Waals surface area contributed by atoms with Crippen LogP contribution in [0.15, 0.2) is 24.3 Å². The highest BCUT2D eigenvalue weighted by Crippen LogP contribution is 2.32. The number of rotatable bonds is 7. The van der Waals surface area contributed by atoms with Gasteiger partial charge in [-0.15, -0.1) is 0 Å². The minimum atomic E-state index is -0.789. The van der Waals surface area contributed by atoms with Crippen LogP contribution in [0.2, 0.25) is 0 Å². The van der Waals surface area contributed by atoms with Gasteiger partial charge in [-0.1, -0.05) is 26.0 Å². The van der Waals surface area contributed by atoms with Crippen molar-refractivity contribution in [1.82, 2.24) is 0 Å². The highest BCUT2D eigenvalue weighted by atomic mass is 16.5. The number of nitrogens with two attached hydrogens (primary N) is 1. The summed E-state index contributed by atoms with van der Waals surface area (Å²) in [7, 11) is 0. The predicted molar refractivity (Wildman–Crippen MR) is 79.8 cm³/mol. The highest BCUT2D eigenvalue weighted by Gasteiger charge is 2.25. The van der Waals surface area contributed by atoms with Crippen molar-refractivity contribution in [3.05, 3.63) is 29.8 Å². The van der Waals surface area contributed by atoms with Crippen LogP contribution >= 0.6 is 0 Å². The molecule has 3 N–H and O–H groups in total. The second-order valence-electron chi connectivity index (χ2n) is 6.28. The van der Waals surface area contributed by atoms with Crippen LogP contribution in [-0.2, 0) is 4.79 Å².